The maximum absolute atomic E-state index is 10.5. The summed E-state index contributed by atoms with van der Waals surface area (Å²) in [5.41, 5.74) is -0.519. The Balaban J connectivity index is 2.79. The van der Waals surface area contributed by atoms with Crippen molar-refractivity contribution in [2.24, 2.45) is 10.6 Å². The van der Waals surface area contributed by atoms with Crippen LogP contribution in [-0.2, 0) is 4.79 Å². The van der Waals surface area contributed by atoms with Gasteiger partial charge < -0.3 is 10.3 Å². The van der Waals surface area contributed by atoms with E-state index in [4.69, 9.17) is 10.3 Å². The van der Waals surface area contributed by atoms with E-state index in [0.717, 1.165) is 0 Å². The van der Waals surface area contributed by atoms with Gasteiger partial charge in [-0.15, -0.1) is 0 Å². The Bertz CT molecular complexity index is 193. The summed E-state index contributed by atoms with van der Waals surface area (Å²) in [5, 5.41) is 19.8. The second-order valence-electron chi connectivity index (χ2n) is 2.57. The molecular formula is C6H9NO3. The van der Waals surface area contributed by atoms with E-state index in [9.17, 15) is 4.79 Å². The number of oxime groups is 1. The van der Waals surface area contributed by atoms with Crippen LogP contribution < -0.4 is 0 Å². The van der Waals surface area contributed by atoms with Crippen LogP contribution in [0.5, 0.6) is 0 Å². The Kier molecular flexibility index (Phi) is 1.39. The summed E-state index contributed by atoms with van der Waals surface area (Å²) < 4.78 is 0. The molecule has 1 saturated carbocycles. The zero-order chi connectivity index (χ0) is 7.78. The van der Waals surface area contributed by atoms with E-state index in [1.165, 1.54) is 6.92 Å². The fourth-order valence-electron chi connectivity index (χ4n) is 0.951. The number of carbonyl (C=O) groups is 1. The Labute approximate surface area is 58.2 Å². The highest BCUT2D eigenvalue weighted by Gasteiger charge is 2.53. The predicted molar refractivity (Wildman–Crippen MR) is 34.2 cm³/mol. The predicted octanol–water partition coefficient (Wildman–Crippen LogP) is 0.701. The zero-order valence-corrected chi connectivity index (χ0v) is 5.66. The van der Waals surface area contributed by atoms with Gasteiger partial charge in [-0.1, -0.05) is 5.16 Å². The largest absolute Gasteiger partial charge is 0.481 e. The first-order valence-electron chi connectivity index (χ1n) is 3.06. The van der Waals surface area contributed by atoms with E-state index in [0.29, 0.717) is 18.6 Å². The van der Waals surface area contributed by atoms with Crippen LogP contribution in [0.15, 0.2) is 5.16 Å². The molecular weight excluding hydrogens is 134 g/mol. The van der Waals surface area contributed by atoms with Crippen LogP contribution in [0.4, 0.5) is 0 Å². The summed E-state index contributed by atoms with van der Waals surface area (Å²) in [4.78, 5) is 10.5. The molecule has 0 heterocycles. The average molecular weight is 143 g/mol. The standard InChI is InChI=1S/C6H9NO3/c1-4(7-10)6(2-3-6)5(8)9/h10H,2-3H2,1H3,(H,8,9)/b7-4+. The zero-order valence-electron chi connectivity index (χ0n) is 5.66. The fourth-order valence-corrected chi connectivity index (χ4v) is 0.951. The van der Waals surface area contributed by atoms with Gasteiger partial charge in [-0.2, -0.15) is 0 Å². The maximum Gasteiger partial charge on any atom is 0.315 e. The van der Waals surface area contributed by atoms with Gasteiger partial charge in [0.1, 0.15) is 5.41 Å². The highest BCUT2D eigenvalue weighted by molar-refractivity contribution is 6.07. The minimum absolute atomic E-state index is 0.306. The first-order chi connectivity index (χ1) is 4.63. The van der Waals surface area contributed by atoms with E-state index in [1.54, 1.807) is 0 Å². The average Bonchev–Trinajstić information content (AvgIpc) is 2.65. The summed E-state index contributed by atoms with van der Waals surface area (Å²) >= 11 is 0. The Morgan fingerprint density at radius 3 is 2.20 bits per heavy atom. The molecule has 1 aliphatic rings. The lowest BCUT2D eigenvalue weighted by atomic mass is 10.0. The highest BCUT2D eigenvalue weighted by atomic mass is 16.4. The normalized spacial score (nSPS) is 22.3. The molecule has 0 amide bonds. The van der Waals surface area contributed by atoms with E-state index >= 15 is 0 Å². The molecule has 1 aliphatic carbocycles. The monoisotopic (exact) mass is 143 g/mol. The molecule has 1 rings (SSSR count). The van der Waals surface area contributed by atoms with Crippen molar-refractivity contribution in [2.45, 2.75) is 19.8 Å². The molecule has 10 heavy (non-hydrogen) atoms. The van der Waals surface area contributed by atoms with Crippen molar-refractivity contribution >= 4 is 11.7 Å². The molecule has 0 aromatic carbocycles. The van der Waals surface area contributed by atoms with Crippen LogP contribution in [0.3, 0.4) is 0 Å². The topological polar surface area (TPSA) is 69.9 Å². The summed E-state index contributed by atoms with van der Waals surface area (Å²) in [6.07, 6.45) is 1.19. The van der Waals surface area contributed by atoms with Gasteiger partial charge in [0.2, 0.25) is 0 Å². The summed E-state index contributed by atoms with van der Waals surface area (Å²) in [6.45, 7) is 1.53. The van der Waals surface area contributed by atoms with E-state index in [-0.39, 0.29) is 0 Å². The van der Waals surface area contributed by atoms with Crippen LogP contribution >= 0.6 is 0 Å². The molecule has 0 aromatic rings. The molecule has 0 aromatic heterocycles. The van der Waals surface area contributed by atoms with Gasteiger partial charge in [-0.3, -0.25) is 4.79 Å². The highest BCUT2D eigenvalue weighted by Crippen LogP contribution is 2.47. The van der Waals surface area contributed by atoms with Gasteiger partial charge >= 0.3 is 5.97 Å². The number of nitrogens with zero attached hydrogens (tertiary/aromatic N) is 1. The first kappa shape index (κ1) is 7.05. The number of hydrogen-bond acceptors (Lipinski definition) is 3. The first-order valence-corrected chi connectivity index (χ1v) is 3.06. The maximum atomic E-state index is 10.5. The smallest absolute Gasteiger partial charge is 0.315 e. The molecule has 0 atom stereocenters. The molecule has 4 nitrogen and oxygen atoms in total. The molecule has 0 spiro atoms. The molecule has 0 unspecified atom stereocenters. The lowest BCUT2D eigenvalue weighted by Gasteiger charge is -2.05. The lowest BCUT2D eigenvalue weighted by molar-refractivity contribution is -0.140. The molecule has 2 N–H and O–H groups in total. The lowest BCUT2D eigenvalue weighted by Crippen LogP contribution is -2.22. The molecule has 0 saturated heterocycles. The minimum atomic E-state index is -0.886. The minimum Gasteiger partial charge on any atom is -0.481 e. The van der Waals surface area contributed by atoms with E-state index in [2.05, 4.69) is 5.16 Å². The summed E-state index contributed by atoms with van der Waals surface area (Å²) in [7, 11) is 0. The third-order valence-corrected chi connectivity index (χ3v) is 2.00. The quantitative estimate of drug-likeness (QED) is 0.339. The van der Waals surface area contributed by atoms with Crippen molar-refractivity contribution in [3.05, 3.63) is 0 Å². The fraction of sp³-hybridized carbons (Fsp3) is 0.667. The Hall–Kier alpha value is -1.06. The third-order valence-electron chi connectivity index (χ3n) is 2.00. The van der Waals surface area contributed by atoms with Gasteiger partial charge in [-0.25, -0.2) is 0 Å². The summed E-state index contributed by atoms with van der Waals surface area (Å²) in [6, 6.07) is 0. The Morgan fingerprint density at radius 1 is 1.60 bits per heavy atom. The van der Waals surface area contributed by atoms with Crippen LogP contribution in [0, 0.1) is 5.41 Å². The van der Waals surface area contributed by atoms with Crippen LogP contribution in [0.2, 0.25) is 0 Å². The number of carboxylic acids is 1. The SMILES string of the molecule is C/C(=N\O)C1(C(=O)O)CC1. The number of aliphatic carboxylic acids is 1. The van der Waals surface area contributed by atoms with Gasteiger partial charge in [0.25, 0.3) is 0 Å². The van der Waals surface area contributed by atoms with Crippen molar-refractivity contribution < 1.29 is 15.1 Å². The van der Waals surface area contributed by atoms with Crippen LogP contribution in [-0.4, -0.2) is 22.0 Å². The van der Waals surface area contributed by atoms with Crippen molar-refractivity contribution in [2.75, 3.05) is 0 Å². The van der Waals surface area contributed by atoms with Gasteiger partial charge in [0.15, 0.2) is 0 Å². The van der Waals surface area contributed by atoms with Crippen molar-refractivity contribution in [3.63, 3.8) is 0 Å². The number of rotatable bonds is 2. The van der Waals surface area contributed by atoms with Crippen LogP contribution in [0.25, 0.3) is 0 Å². The molecule has 0 aliphatic heterocycles. The van der Waals surface area contributed by atoms with Crippen LogP contribution in [0.1, 0.15) is 19.8 Å². The molecule has 0 bridgehead atoms. The molecule has 1 fully saturated rings. The second-order valence-corrected chi connectivity index (χ2v) is 2.57. The number of carboxylic acid groups (broad SMARTS) is 1. The van der Waals surface area contributed by atoms with Crippen molar-refractivity contribution in [1.82, 2.24) is 0 Å². The molecule has 56 valence electrons. The van der Waals surface area contributed by atoms with Crippen molar-refractivity contribution in [1.29, 1.82) is 0 Å². The van der Waals surface area contributed by atoms with E-state index in [1.807, 2.05) is 0 Å². The van der Waals surface area contributed by atoms with E-state index < -0.39 is 11.4 Å². The Morgan fingerprint density at radius 2 is 2.10 bits per heavy atom. The second kappa shape index (κ2) is 1.97. The summed E-state index contributed by atoms with van der Waals surface area (Å²) in [5.74, 6) is -0.886. The molecule has 4 heteroatoms. The van der Waals surface area contributed by atoms with Gasteiger partial charge in [0, 0.05) is 0 Å². The number of hydrogen-bond donors (Lipinski definition) is 2. The van der Waals surface area contributed by atoms with Gasteiger partial charge in [0.05, 0.1) is 5.71 Å². The molecule has 0 radical (unpaired) electrons. The van der Waals surface area contributed by atoms with Gasteiger partial charge in [-0.05, 0) is 19.8 Å². The third kappa shape index (κ3) is 0.761. The van der Waals surface area contributed by atoms with Crippen molar-refractivity contribution in [3.8, 4) is 0 Å².